The Kier molecular flexibility index (Phi) is 32.0. The average Bonchev–Trinajstić information content (AvgIpc) is 0.774. The molecule has 15 aromatic carbocycles. The van der Waals surface area contributed by atoms with Crippen molar-refractivity contribution in [1.29, 1.82) is 0 Å². The van der Waals surface area contributed by atoms with Crippen LogP contribution in [0.5, 0.6) is 17.2 Å². The van der Waals surface area contributed by atoms with Gasteiger partial charge in [-0.05, 0) is 166 Å². The number of aliphatic hydroxyl groups excluding tert-OH is 2. The van der Waals surface area contributed by atoms with Crippen molar-refractivity contribution in [1.82, 2.24) is 19.9 Å². The van der Waals surface area contributed by atoms with Crippen LogP contribution in [0.3, 0.4) is 0 Å². The first-order chi connectivity index (χ1) is 58.4. The zero-order chi connectivity index (χ0) is 82.5. The second-order valence-corrected chi connectivity index (χ2v) is 29.0. The number of hydrogen-bond acceptors (Lipinski definition) is 12. The molecule has 0 aliphatic carbocycles. The number of rotatable bonds is 18. The first kappa shape index (κ1) is 86.7. The molecule has 0 saturated carbocycles. The quantitative estimate of drug-likeness (QED) is 0.0482. The van der Waals surface area contributed by atoms with Gasteiger partial charge in [0, 0.05) is 93.1 Å². The number of para-hydroxylation sites is 4. The van der Waals surface area contributed by atoms with E-state index >= 15 is 0 Å². The van der Waals surface area contributed by atoms with Gasteiger partial charge in [0.25, 0.3) is 7.98 Å². The minimum Gasteiger partial charge on any atom is -0.649 e. The molecule has 12 nitrogen and oxygen atoms in total. The van der Waals surface area contributed by atoms with Crippen LogP contribution in [0, 0.1) is 13.8 Å². The summed E-state index contributed by atoms with van der Waals surface area (Å²) >= 11 is 0.801. The molecule has 18 aromatic rings. The number of nitrogens with zero attached hydrogens (tertiary/aromatic N) is 7. The maximum atomic E-state index is 8.56. The normalized spacial score (nSPS) is 10.9. The molecule has 3 heterocycles. The van der Waals surface area contributed by atoms with Gasteiger partial charge >= 0.3 is 32.5 Å². The van der Waals surface area contributed by atoms with Crippen molar-refractivity contribution < 1.29 is 41.7 Å². The van der Waals surface area contributed by atoms with Gasteiger partial charge in [-0.1, -0.05) is 285 Å². The minimum atomic E-state index is -0.665. The Hall–Kier alpha value is -12.6. The van der Waals surface area contributed by atoms with Gasteiger partial charge in [0.15, 0.2) is 0 Å². The maximum Gasteiger partial charge on any atom is 0.881 e. The van der Waals surface area contributed by atoms with E-state index in [1.54, 1.807) is 20.0 Å². The molecule has 0 aliphatic heterocycles. The summed E-state index contributed by atoms with van der Waals surface area (Å²) in [5.41, 5.74) is 21.0. The van der Waals surface area contributed by atoms with Gasteiger partial charge in [-0.3, -0.25) is 9.97 Å². The predicted molar refractivity (Wildman–Crippen MR) is 498 cm³/mol. The number of anilines is 6. The van der Waals surface area contributed by atoms with Crippen LogP contribution < -0.4 is 21.2 Å². The molecule has 0 fully saturated rings. The number of aromatic nitrogens is 4. The molecule has 0 amide bonds. The molecule has 0 saturated heterocycles. The summed E-state index contributed by atoms with van der Waals surface area (Å²) in [6.45, 7) is 9.44. The fourth-order valence-electron chi connectivity index (χ4n) is 13.8. The van der Waals surface area contributed by atoms with Crippen LogP contribution in [-0.2, 0) is 20.1 Å². The number of fused-ring (bicyclic) bond motifs is 4. The SMILES string of the molecule is CC(O)CC(C)O.Cc1ccc2cccc([O][Al][O]c3ccc(-c4ccccc4)cc3)c2n1.[AlH][O]c1cccc2cccnc12.[B]N=P.[CH2-]c1ccccc1-c1ncc(-c2ccccc2)nc1-c1ccccc1.[Ir].c1ccc(N(c2ccc(-c3ccc(N(c4ccccc4)c4cccc5ccccc45)cc3)cc2)c2cccc3ccccc23)cc1. The van der Waals surface area contributed by atoms with Crippen LogP contribution in [0.4, 0.5) is 34.1 Å². The largest absolute Gasteiger partial charge is 0.881 e. The molecule has 2 N–H and O–H groups in total. The summed E-state index contributed by atoms with van der Waals surface area (Å²) in [7, 11) is 6.97. The molecule has 2 unspecified atom stereocenters. The van der Waals surface area contributed by atoms with E-state index in [-0.39, 0.29) is 32.3 Å². The molecular weight excluding hydrogens is 1700 g/mol. The minimum absolute atomic E-state index is 0. The van der Waals surface area contributed by atoms with E-state index in [4.69, 9.17) is 31.5 Å². The smallest absolute Gasteiger partial charge is 0.649 e. The molecule has 18 rings (SSSR count). The Morgan fingerprint density at radius 1 is 0.408 bits per heavy atom. The Morgan fingerprint density at radius 3 is 1.32 bits per heavy atom. The number of pyridine rings is 2. The van der Waals surface area contributed by atoms with Crippen molar-refractivity contribution in [3.05, 3.63) is 425 Å². The third kappa shape index (κ3) is 23.0. The van der Waals surface area contributed by atoms with Crippen molar-refractivity contribution in [3.63, 3.8) is 0 Å². The number of benzene rings is 15. The van der Waals surface area contributed by atoms with E-state index < -0.39 is 15.9 Å². The Labute approximate surface area is 734 Å². The molecule has 0 aliphatic rings. The van der Waals surface area contributed by atoms with E-state index in [2.05, 4.69) is 285 Å². The zero-order valence-electron chi connectivity index (χ0n) is 66.7. The molecule has 17 heteroatoms. The summed E-state index contributed by atoms with van der Waals surface area (Å²) < 4.78 is 19.7. The third-order valence-corrected chi connectivity index (χ3v) is 20.4. The van der Waals surface area contributed by atoms with Crippen LogP contribution in [0.25, 0.3) is 99.4 Å². The summed E-state index contributed by atoms with van der Waals surface area (Å²) in [5.74, 6) is 2.41. The maximum absolute atomic E-state index is 8.56. The predicted octanol–water partition coefficient (Wildman–Crippen LogP) is 25.4. The van der Waals surface area contributed by atoms with Crippen molar-refractivity contribution in [2.24, 2.45) is 4.66 Å². The molecule has 587 valence electrons. The molecule has 0 bridgehead atoms. The topological polar surface area (TPSA) is 139 Å². The van der Waals surface area contributed by atoms with Crippen molar-refractivity contribution in [3.8, 4) is 73.3 Å². The second-order valence-electron chi connectivity index (χ2n) is 27.8. The molecule has 5 radical (unpaired) electrons. The Bertz CT molecular complexity index is 6080. The van der Waals surface area contributed by atoms with Crippen LogP contribution in [0.15, 0.2) is 411 Å². The fraction of sp³-hybridized carbons (Fsp3) is 0.0583. The van der Waals surface area contributed by atoms with Crippen molar-refractivity contribution in [2.45, 2.75) is 39.4 Å². The van der Waals surface area contributed by atoms with Crippen molar-refractivity contribution >= 4 is 127 Å². The van der Waals surface area contributed by atoms with E-state index in [1.807, 2.05) is 171 Å². The van der Waals surface area contributed by atoms with Crippen LogP contribution in [0.2, 0.25) is 0 Å². The second kappa shape index (κ2) is 44.3. The number of aryl methyl sites for hydroxylation is 1. The first-order valence-electron chi connectivity index (χ1n) is 39.0. The van der Waals surface area contributed by atoms with E-state index in [9.17, 15) is 0 Å². The van der Waals surface area contributed by atoms with Gasteiger partial charge in [-0.2, -0.15) is 18.6 Å². The summed E-state index contributed by atoms with van der Waals surface area (Å²) in [6.07, 6.45) is 3.33. The van der Waals surface area contributed by atoms with E-state index in [0.29, 0.717) is 6.42 Å². The molecule has 120 heavy (non-hydrogen) atoms. The molecular formula is C103H86Al2BIrN7O5P-. The molecule has 0 spiro atoms. The van der Waals surface area contributed by atoms with Gasteiger partial charge < -0.3 is 36.0 Å². The van der Waals surface area contributed by atoms with Crippen molar-refractivity contribution in [2.75, 3.05) is 9.80 Å². The van der Waals surface area contributed by atoms with Gasteiger partial charge in [0.05, 0.1) is 46.9 Å². The van der Waals surface area contributed by atoms with Gasteiger partial charge in [0.1, 0.15) is 22.5 Å². The molecule has 2 atom stereocenters. The third-order valence-electron chi connectivity index (χ3n) is 19.4. The van der Waals surface area contributed by atoms with Crippen LogP contribution in [0.1, 0.15) is 31.5 Å². The van der Waals surface area contributed by atoms with Gasteiger partial charge in [0.2, 0.25) is 0 Å². The summed E-state index contributed by atoms with van der Waals surface area (Å²) in [4.78, 5) is 23.2. The summed E-state index contributed by atoms with van der Waals surface area (Å²) in [6, 6.07) is 136. The average molecular weight is 1790 g/mol. The fourth-order valence-corrected chi connectivity index (χ4v) is 14.6. The van der Waals surface area contributed by atoms with E-state index in [1.165, 1.54) is 60.4 Å². The monoisotopic (exact) mass is 1790 g/mol. The van der Waals surface area contributed by atoms with Crippen LogP contribution in [-0.4, -0.2) is 82.8 Å². The van der Waals surface area contributed by atoms with E-state index in [0.717, 1.165) is 118 Å². The van der Waals surface area contributed by atoms with Crippen LogP contribution >= 0.6 is 9.03 Å². The zero-order valence-corrected chi connectivity index (χ0v) is 72.7. The molecule has 3 aromatic heterocycles. The number of aliphatic hydroxyl groups is 2. The van der Waals surface area contributed by atoms with Gasteiger partial charge in [-0.15, -0.1) is 12.1 Å². The van der Waals surface area contributed by atoms with Gasteiger partial charge in [-0.25, -0.2) is 9.97 Å². The Balaban J connectivity index is 0.000000152. The Morgan fingerprint density at radius 2 is 0.817 bits per heavy atom. The number of hydrogen-bond donors (Lipinski definition) is 2. The summed E-state index contributed by atoms with van der Waals surface area (Å²) in [5, 5.41) is 24.2. The first-order valence-corrected chi connectivity index (χ1v) is 41.0. The standard InChI is InChI=1S/C44H32N2.C23H17N2.C12H10O.C10H9NO.C9H7NO.C5H12O2.2Al.BHNP.Ir.H/c1-3-17-37(18-4-1)45(43-23-11-15-35-13-7-9-21-41(35)43)39-29-25-33(26-30-39)34-27-31-40(32-28-34)46(38-19-5-2-6-20-38)44-24-12-16-36-14-8-10-22-42(36)44;1-17-10-8-9-15-20(17)23-22(19-13-6-3-7-14-19)25-21(16-24-23)18-11-4-2-5-12-18;13-12-8-6-11(7-9-12)10-4-2-1-3-5-10;1-7-5-6-8-3-2-4-9(12)10(8)11-7;11-8-5-1-3-7-4-2-6-10-9(7)8;1-4(6)3-5(2)7;;;1-2-3;;/h1-32H;2-16H,1H2;1-9,13H;2-6,12H,1H3;1-6,11H;4-7H,3H2,1-2H3;;;3H;;/q;-1;;;;;+1;+2;;;/p-3.